The van der Waals surface area contributed by atoms with Crippen LogP contribution in [0.4, 0.5) is 11.5 Å². The maximum absolute atomic E-state index is 6.54. The minimum absolute atomic E-state index is 0.0510. The van der Waals surface area contributed by atoms with Crippen LogP contribution >= 0.6 is 11.6 Å². The fourth-order valence-electron chi connectivity index (χ4n) is 3.70. The predicted octanol–water partition coefficient (Wildman–Crippen LogP) is 5.01. The third kappa shape index (κ3) is 5.03. The minimum Gasteiger partial charge on any atom is -0.460 e. The predicted molar refractivity (Wildman–Crippen MR) is 134 cm³/mol. The Bertz CT molecular complexity index is 1280. The number of ether oxygens (including phenoxy) is 2. The van der Waals surface area contributed by atoms with Gasteiger partial charge in [-0.05, 0) is 56.7 Å². The Labute approximate surface area is 202 Å². The number of amidine groups is 1. The fraction of sp³-hybridized carbons (Fsp3) is 0.280. The standard InChI is InChI=1S/C25H25ClN6O2/c1-15-16(2)34-25(30-15)32-17-6-8-22-20(11-17)24(29-14-28-22)31-18-7-9-23(21(26)12-18)33-13-19-5-3-4-10-27-19/h3-8,10-12,14-16,23H,9,13H2,1-2H3,(H,30,32)(H,28,29,31)/t15-,16-,23?/m0/s1. The van der Waals surface area contributed by atoms with E-state index in [0.717, 1.165) is 28.0 Å². The van der Waals surface area contributed by atoms with E-state index in [2.05, 4.69) is 36.7 Å². The van der Waals surface area contributed by atoms with Gasteiger partial charge in [0.05, 0.1) is 30.0 Å². The van der Waals surface area contributed by atoms with E-state index in [1.807, 2.05) is 56.3 Å². The van der Waals surface area contributed by atoms with E-state index in [9.17, 15) is 0 Å². The number of nitrogens with one attached hydrogen (secondary N) is 2. The van der Waals surface area contributed by atoms with Crippen molar-refractivity contribution in [2.45, 2.75) is 45.1 Å². The monoisotopic (exact) mass is 476 g/mol. The summed E-state index contributed by atoms with van der Waals surface area (Å²) in [5, 5.41) is 8.11. The van der Waals surface area contributed by atoms with Crippen LogP contribution in [-0.4, -0.2) is 39.2 Å². The quantitative estimate of drug-likeness (QED) is 0.516. The van der Waals surface area contributed by atoms with Crippen LogP contribution in [0.2, 0.25) is 0 Å². The van der Waals surface area contributed by atoms with Gasteiger partial charge in [0.25, 0.3) is 6.02 Å². The molecular weight excluding hydrogens is 452 g/mol. The van der Waals surface area contributed by atoms with E-state index in [4.69, 9.17) is 21.1 Å². The number of anilines is 2. The lowest BCUT2D eigenvalue weighted by Crippen LogP contribution is -2.18. The molecule has 3 atom stereocenters. The summed E-state index contributed by atoms with van der Waals surface area (Å²) in [5.41, 5.74) is 3.39. The second kappa shape index (κ2) is 9.79. The Balaban J connectivity index is 1.29. The molecule has 2 aromatic heterocycles. The van der Waals surface area contributed by atoms with E-state index in [-0.39, 0.29) is 18.2 Å². The highest BCUT2D eigenvalue weighted by atomic mass is 35.5. The summed E-state index contributed by atoms with van der Waals surface area (Å²) in [4.78, 5) is 17.6. The molecule has 1 unspecified atom stereocenters. The molecule has 1 aromatic carbocycles. The lowest BCUT2D eigenvalue weighted by molar-refractivity contribution is 0.0680. The van der Waals surface area contributed by atoms with Crippen LogP contribution in [0.1, 0.15) is 26.0 Å². The molecule has 174 valence electrons. The molecule has 1 aliphatic heterocycles. The molecule has 0 saturated carbocycles. The Morgan fingerprint density at radius 3 is 2.79 bits per heavy atom. The second-order valence-corrected chi connectivity index (χ2v) is 8.68. The normalized spacial score (nSPS) is 22.0. The third-order valence-electron chi connectivity index (χ3n) is 5.76. The van der Waals surface area contributed by atoms with Crippen molar-refractivity contribution in [1.29, 1.82) is 0 Å². The number of pyridine rings is 1. The number of fused-ring (bicyclic) bond motifs is 1. The van der Waals surface area contributed by atoms with Crippen molar-refractivity contribution >= 4 is 40.0 Å². The Hall–Kier alpha value is -3.49. The summed E-state index contributed by atoms with van der Waals surface area (Å²) in [6.07, 6.45) is 7.70. The van der Waals surface area contributed by atoms with E-state index >= 15 is 0 Å². The lowest BCUT2D eigenvalue weighted by atomic mass is 10.1. The molecule has 3 heterocycles. The highest BCUT2D eigenvalue weighted by Crippen LogP contribution is 2.29. The van der Waals surface area contributed by atoms with Crippen LogP contribution in [0, 0.1) is 0 Å². The van der Waals surface area contributed by atoms with Gasteiger partial charge in [-0.15, -0.1) is 0 Å². The molecule has 0 fully saturated rings. The number of benzene rings is 1. The van der Waals surface area contributed by atoms with Crippen LogP contribution < -0.4 is 10.6 Å². The first-order valence-electron chi connectivity index (χ1n) is 11.2. The highest BCUT2D eigenvalue weighted by molar-refractivity contribution is 6.30. The van der Waals surface area contributed by atoms with Gasteiger partial charge >= 0.3 is 0 Å². The molecule has 1 aliphatic carbocycles. The first-order chi connectivity index (χ1) is 16.5. The molecule has 8 nitrogen and oxygen atoms in total. The number of nitrogens with zero attached hydrogens (tertiary/aromatic N) is 4. The number of allylic oxidation sites excluding steroid dienone is 1. The van der Waals surface area contributed by atoms with Crippen molar-refractivity contribution in [3.05, 3.63) is 77.5 Å². The summed E-state index contributed by atoms with van der Waals surface area (Å²) in [6.45, 7) is 4.44. The summed E-state index contributed by atoms with van der Waals surface area (Å²) in [5.74, 6) is 0.685. The van der Waals surface area contributed by atoms with E-state index in [0.29, 0.717) is 29.9 Å². The molecule has 0 saturated heterocycles. The van der Waals surface area contributed by atoms with Gasteiger partial charge in [0.2, 0.25) is 0 Å². The molecule has 2 N–H and O–H groups in total. The third-order valence-corrected chi connectivity index (χ3v) is 6.11. The SMILES string of the molecule is C[C@@H]1N=C(Nc2ccc3ncnc(NC4=CCC(OCc5ccccn5)C(Cl)=C4)c3c2)O[C@H]1C. The second-order valence-electron chi connectivity index (χ2n) is 8.25. The van der Waals surface area contributed by atoms with Gasteiger partial charge in [0.15, 0.2) is 0 Å². The minimum atomic E-state index is -0.205. The average Bonchev–Trinajstić information content (AvgIpc) is 3.16. The molecule has 0 spiro atoms. The van der Waals surface area contributed by atoms with Gasteiger partial charge in [0.1, 0.15) is 18.2 Å². The van der Waals surface area contributed by atoms with Gasteiger partial charge in [-0.1, -0.05) is 23.7 Å². The zero-order valence-electron chi connectivity index (χ0n) is 18.9. The van der Waals surface area contributed by atoms with Crippen molar-refractivity contribution < 1.29 is 9.47 Å². The molecular formula is C25H25ClN6O2. The average molecular weight is 477 g/mol. The lowest BCUT2D eigenvalue weighted by Gasteiger charge is -2.21. The van der Waals surface area contributed by atoms with Crippen molar-refractivity contribution in [2.75, 3.05) is 10.6 Å². The van der Waals surface area contributed by atoms with Crippen molar-refractivity contribution in [1.82, 2.24) is 15.0 Å². The molecule has 34 heavy (non-hydrogen) atoms. The topological polar surface area (TPSA) is 93.6 Å². The zero-order chi connectivity index (χ0) is 23.5. The van der Waals surface area contributed by atoms with Crippen LogP contribution in [0.5, 0.6) is 0 Å². The molecule has 5 rings (SSSR count). The van der Waals surface area contributed by atoms with Gasteiger partial charge in [-0.3, -0.25) is 4.98 Å². The number of aliphatic imine (C=N–C) groups is 1. The molecule has 0 radical (unpaired) electrons. The first-order valence-corrected chi connectivity index (χ1v) is 11.5. The Morgan fingerprint density at radius 1 is 1.12 bits per heavy atom. The van der Waals surface area contributed by atoms with Crippen molar-refractivity contribution in [3.8, 4) is 0 Å². The smallest absolute Gasteiger partial charge is 0.289 e. The molecule has 2 aliphatic rings. The Morgan fingerprint density at radius 2 is 2.03 bits per heavy atom. The van der Waals surface area contributed by atoms with Gasteiger partial charge in [0, 0.05) is 28.0 Å². The summed E-state index contributed by atoms with van der Waals surface area (Å²) < 4.78 is 11.7. The number of hydrogen-bond donors (Lipinski definition) is 2. The summed E-state index contributed by atoms with van der Waals surface area (Å²) >= 11 is 6.54. The van der Waals surface area contributed by atoms with Crippen molar-refractivity contribution in [2.24, 2.45) is 4.99 Å². The molecule has 0 amide bonds. The van der Waals surface area contributed by atoms with Gasteiger partial charge in [-0.2, -0.15) is 0 Å². The fourth-order valence-corrected chi connectivity index (χ4v) is 3.97. The van der Waals surface area contributed by atoms with Crippen LogP contribution in [0.15, 0.2) is 76.8 Å². The van der Waals surface area contributed by atoms with E-state index in [1.165, 1.54) is 0 Å². The highest BCUT2D eigenvalue weighted by Gasteiger charge is 2.23. The van der Waals surface area contributed by atoms with E-state index < -0.39 is 0 Å². The van der Waals surface area contributed by atoms with Gasteiger partial charge < -0.3 is 20.1 Å². The van der Waals surface area contributed by atoms with Crippen LogP contribution in [-0.2, 0) is 16.1 Å². The Kier molecular flexibility index (Phi) is 6.42. The van der Waals surface area contributed by atoms with Crippen LogP contribution in [0.3, 0.4) is 0 Å². The molecule has 0 bridgehead atoms. The van der Waals surface area contributed by atoms with Gasteiger partial charge in [-0.25, -0.2) is 15.0 Å². The maximum Gasteiger partial charge on any atom is 0.289 e. The zero-order valence-corrected chi connectivity index (χ0v) is 19.7. The largest absolute Gasteiger partial charge is 0.460 e. The summed E-state index contributed by atoms with van der Waals surface area (Å²) in [7, 11) is 0. The van der Waals surface area contributed by atoms with E-state index in [1.54, 1.807) is 12.5 Å². The van der Waals surface area contributed by atoms with Crippen molar-refractivity contribution in [3.63, 3.8) is 0 Å². The molecule has 3 aromatic rings. The first kappa shape index (κ1) is 22.3. The number of hydrogen-bond acceptors (Lipinski definition) is 8. The summed E-state index contributed by atoms with van der Waals surface area (Å²) in [6, 6.07) is 12.2. The number of aromatic nitrogens is 3. The maximum atomic E-state index is 6.54. The molecule has 9 heteroatoms. The number of rotatable bonds is 6. The van der Waals surface area contributed by atoms with Crippen LogP contribution in [0.25, 0.3) is 10.9 Å². The number of halogens is 1.